The number of amides is 2. The third-order valence-electron chi connectivity index (χ3n) is 5.24. The number of hydrogen-bond acceptors (Lipinski definition) is 5. The van der Waals surface area contributed by atoms with Gasteiger partial charge in [-0.05, 0) is 48.2 Å². The highest BCUT2D eigenvalue weighted by Crippen LogP contribution is 2.33. The molecule has 7 nitrogen and oxygen atoms in total. The van der Waals surface area contributed by atoms with E-state index in [0.29, 0.717) is 30.0 Å². The Morgan fingerprint density at radius 1 is 0.906 bits per heavy atom. The van der Waals surface area contributed by atoms with Gasteiger partial charge in [0.05, 0.1) is 19.9 Å². The molecule has 166 valence electrons. The van der Waals surface area contributed by atoms with E-state index in [4.69, 9.17) is 18.9 Å². The van der Waals surface area contributed by atoms with E-state index < -0.39 is 0 Å². The van der Waals surface area contributed by atoms with E-state index in [-0.39, 0.29) is 18.9 Å². The minimum Gasteiger partial charge on any atom is -0.497 e. The molecule has 0 bridgehead atoms. The van der Waals surface area contributed by atoms with Crippen molar-refractivity contribution in [1.29, 1.82) is 0 Å². The van der Waals surface area contributed by atoms with E-state index in [1.54, 1.807) is 32.4 Å². The van der Waals surface area contributed by atoms with Crippen LogP contribution in [0.4, 0.5) is 10.5 Å². The summed E-state index contributed by atoms with van der Waals surface area (Å²) in [6.45, 7) is 0.233. The molecule has 0 aliphatic carbocycles. The van der Waals surface area contributed by atoms with Crippen molar-refractivity contribution in [3.63, 3.8) is 0 Å². The standard InChI is InChI=1S/C25H26N2O5/c1-29-20-9-10-21(23(15-20)30-2)27-25(28)26-19(12-17-6-4-3-5-7-17)13-18-8-11-22-24(14-18)32-16-31-22/h3-11,14-15,19H,12-13,16H2,1-2H3,(H2,26,27,28). The maximum absolute atomic E-state index is 12.9. The molecule has 0 spiro atoms. The number of ether oxygens (including phenoxy) is 4. The van der Waals surface area contributed by atoms with Crippen molar-refractivity contribution < 1.29 is 23.7 Å². The first-order valence-corrected chi connectivity index (χ1v) is 10.4. The first-order valence-electron chi connectivity index (χ1n) is 10.4. The van der Waals surface area contributed by atoms with Crippen LogP contribution in [-0.2, 0) is 12.8 Å². The molecular weight excluding hydrogens is 408 g/mol. The summed E-state index contributed by atoms with van der Waals surface area (Å²) in [5, 5.41) is 5.98. The number of nitrogens with one attached hydrogen (secondary N) is 2. The summed E-state index contributed by atoms with van der Waals surface area (Å²) >= 11 is 0. The monoisotopic (exact) mass is 434 g/mol. The van der Waals surface area contributed by atoms with Crippen LogP contribution in [-0.4, -0.2) is 33.1 Å². The summed E-state index contributed by atoms with van der Waals surface area (Å²) < 4.78 is 21.5. The van der Waals surface area contributed by atoms with Crippen molar-refractivity contribution in [2.45, 2.75) is 18.9 Å². The lowest BCUT2D eigenvalue weighted by molar-refractivity contribution is 0.174. The number of methoxy groups -OCH3 is 2. The van der Waals surface area contributed by atoms with Crippen LogP contribution in [0.3, 0.4) is 0 Å². The molecule has 0 radical (unpaired) electrons. The molecule has 1 atom stereocenters. The predicted molar refractivity (Wildman–Crippen MR) is 122 cm³/mol. The molecule has 0 fully saturated rings. The van der Waals surface area contributed by atoms with Gasteiger partial charge in [-0.15, -0.1) is 0 Å². The molecule has 1 heterocycles. The zero-order valence-corrected chi connectivity index (χ0v) is 18.1. The second kappa shape index (κ2) is 9.96. The van der Waals surface area contributed by atoms with Gasteiger partial charge in [0.2, 0.25) is 6.79 Å². The molecule has 2 N–H and O–H groups in total. The third kappa shape index (κ3) is 5.24. The van der Waals surface area contributed by atoms with Crippen LogP contribution in [0.25, 0.3) is 0 Å². The average Bonchev–Trinajstić information content (AvgIpc) is 3.28. The topological polar surface area (TPSA) is 78.1 Å². The summed E-state index contributed by atoms with van der Waals surface area (Å²) in [4.78, 5) is 12.9. The van der Waals surface area contributed by atoms with Gasteiger partial charge in [-0.1, -0.05) is 36.4 Å². The Morgan fingerprint density at radius 2 is 1.69 bits per heavy atom. The highest BCUT2D eigenvalue weighted by atomic mass is 16.7. The molecule has 1 aliphatic rings. The number of carbonyl (C=O) groups is 1. The van der Waals surface area contributed by atoms with E-state index in [1.807, 2.05) is 36.4 Å². The van der Waals surface area contributed by atoms with Gasteiger partial charge >= 0.3 is 6.03 Å². The highest BCUT2D eigenvalue weighted by Gasteiger charge is 2.18. The van der Waals surface area contributed by atoms with Gasteiger partial charge in [-0.2, -0.15) is 0 Å². The number of hydrogen-bond donors (Lipinski definition) is 2. The van der Waals surface area contributed by atoms with Crippen LogP contribution in [0.1, 0.15) is 11.1 Å². The first-order chi connectivity index (χ1) is 15.6. The smallest absolute Gasteiger partial charge is 0.319 e. The summed E-state index contributed by atoms with van der Waals surface area (Å²) in [5.74, 6) is 2.64. The zero-order chi connectivity index (χ0) is 22.3. The Kier molecular flexibility index (Phi) is 6.65. The lowest BCUT2D eigenvalue weighted by Gasteiger charge is -2.20. The van der Waals surface area contributed by atoms with E-state index in [0.717, 1.165) is 22.6 Å². The lowest BCUT2D eigenvalue weighted by atomic mass is 9.98. The molecule has 7 heteroatoms. The van der Waals surface area contributed by atoms with Crippen LogP contribution < -0.4 is 29.6 Å². The SMILES string of the molecule is COc1ccc(NC(=O)NC(Cc2ccccc2)Cc2ccc3c(c2)OCO3)c(OC)c1. The lowest BCUT2D eigenvalue weighted by Crippen LogP contribution is -2.40. The number of rotatable bonds is 8. The summed E-state index contributed by atoms with van der Waals surface area (Å²) in [6, 6.07) is 20.7. The fourth-order valence-corrected chi connectivity index (χ4v) is 3.67. The second-order valence-corrected chi connectivity index (χ2v) is 7.44. The molecule has 0 saturated heterocycles. The van der Waals surface area contributed by atoms with Crippen LogP contribution in [0.2, 0.25) is 0 Å². The van der Waals surface area contributed by atoms with E-state index in [9.17, 15) is 4.79 Å². The number of urea groups is 1. The van der Waals surface area contributed by atoms with Crippen molar-refractivity contribution in [2.75, 3.05) is 26.3 Å². The number of benzene rings is 3. The minimum atomic E-state index is -0.310. The maximum atomic E-state index is 12.9. The molecule has 1 aliphatic heterocycles. The average molecular weight is 434 g/mol. The number of carbonyl (C=O) groups excluding carboxylic acids is 1. The molecule has 3 aromatic rings. The predicted octanol–water partition coefficient (Wildman–Crippen LogP) is 4.41. The van der Waals surface area contributed by atoms with Crippen LogP contribution in [0, 0.1) is 0 Å². The molecule has 4 rings (SSSR count). The Morgan fingerprint density at radius 3 is 2.47 bits per heavy atom. The van der Waals surface area contributed by atoms with Crippen LogP contribution in [0.5, 0.6) is 23.0 Å². The van der Waals surface area contributed by atoms with Gasteiger partial charge in [0.15, 0.2) is 11.5 Å². The van der Waals surface area contributed by atoms with Gasteiger partial charge in [-0.25, -0.2) is 4.79 Å². The Balaban J connectivity index is 1.49. The molecule has 32 heavy (non-hydrogen) atoms. The molecule has 0 saturated carbocycles. The summed E-state index contributed by atoms with van der Waals surface area (Å²) in [5.41, 5.74) is 2.76. The van der Waals surface area contributed by atoms with Gasteiger partial charge in [0.25, 0.3) is 0 Å². The van der Waals surface area contributed by atoms with Crippen molar-refractivity contribution in [2.24, 2.45) is 0 Å². The van der Waals surface area contributed by atoms with Gasteiger partial charge in [-0.3, -0.25) is 0 Å². The van der Waals surface area contributed by atoms with Gasteiger partial charge in [0.1, 0.15) is 11.5 Å². The largest absolute Gasteiger partial charge is 0.497 e. The fraction of sp³-hybridized carbons (Fsp3) is 0.240. The minimum absolute atomic E-state index is 0.137. The molecule has 1 unspecified atom stereocenters. The zero-order valence-electron chi connectivity index (χ0n) is 18.1. The second-order valence-electron chi connectivity index (χ2n) is 7.44. The molecular formula is C25H26N2O5. The van der Waals surface area contributed by atoms with Crippen molar-refractivity contribution in [3.8, 4) is 23.0 Å². The Bertz CT molecular complexity index is 1070. The van der Waals surface area contributed by atoms with Crippen molar-refractivity contribution >= 4 is 11.7 Å². The normalized spacial score (nSPS) is 12.7. The Hall–Kier alpha value is -3.87. The molecule has 0 aromatic heterocycles. The first kappa shape index (κ1) is 21.4. The number of anilines is 1. The Labute approximate surface area is 187 Å². The van der Waals surface area contributed by atoms with E-state index >= 15 is 0 Å². The van der Waals surface area contributed by atoms with Crippen LogP contribution >= 0.6 is 0 Å². The molecule has 2 amide bonds. The summed E-state index contributed by atoms with van der Waals surface area (Å²) in [7, 11) is 3.13. The summed E-state index contributed by atoms with van der Waals surface area (Å²) in [6.07, 6.45) is 1.32. The van der Waals surface area contributed by atoms with E-state index in [1.165, 1.54) is 0 Å². The van der Waals surface area contributed by atoms with Gasteiger partial charge in [0, 0.05) is 12.1 Å². The maximum Gasteiger partial charge on any atom is 0.319 e. The van der Waals surface area contributed by atoms with Crippen molar-refractivity contribution in [3.05, 3.63) is 77.9 Å². The molecule has 3 aromatic carbocycles. The highest BCUT2D eigenvalue weighted by molar-refractivity contribution is 5.91. The van der Waals surface area contributed by atoms with Crippen molar-refractivity contribution in [1.82, 2.24) is 5.32 Å². The number of fused-ring (bicyclic) bond motifs is 1. The third-order valence-corrected chi connectivity index (χ3v) is 5.24. The quantitative estimate of drug-likeness (QED) is 0.549. The van der Waals surface area contributed by atoms with Crippen LogP contribution in [0.15, 0.2) is 66.7 Å². The fourth-order valence-electron chi connectivity index (χ4n) is 3.67. The van der Waals surface area contributed by atoms with E-state index in [2.05, 4.69) is 22.8 Å². The van der Waals surface area contributed by atoms with Gasteiger partial charge < -0.3 is 29.6 Å².